The summed E-state index contributed by atoms with van der Waals surface area (Å²) >= 11 is 0. The number of halogens is 1. The first kappa shape index (κ1) is 23.9. The van der Waals surface area contributed by atoms with Crippen molar-refractivity contribution in [3.8, 4) is 11.5 Å². The molecule has 2 aromatic rings. The summed E-state index contributed by atoms with van der Waals surface area (Å²) in [4.78, 5) is 9.21. The fourth-order valence-corrected chi connectivity index (χ4v) is 4.86. The van der Waals surface area contributed by atoms with Gasteiger partial charge in [0.1, 0.15) is 12.0 Å². The molecule has 1 aliphatic carbocycles. The van der Waals surface area contributed by atoms with Crippen LogP contribution in [0.25, 0.3) is 11.5 Å². The number of aliphatic imine (C=N–C) groups is 1. The molecule has 0 amide bonds. The van der Waals surface area contributed by atoms with Crippen LogP contribution in [0.4, 0.5) is 0 Å². The van der Waals surface area contributed by atoms with Crippen LogP contribution in [0.5, 0.6) is 0 Å². The molecule has 1 aliphatic rings. The molecule has 1 heterocycles. The first-order chi connectivity index (χ1) is 13.7. The number of hydrogen-bond donors (Lipinski definition) is 2. The van der Waals surface area contributed by atoms with Crippen molar-refractivity contribution in [1.29, 1.82) is 0 Å². The molecule has 1 aromatic heterocycles. The summed E-state index contributed by atoms with van der Waals surface area (Å²) in [5.41, 5.74) is 1.75. The predicted octanol–water partition coefficient (Wildman–Crippen LogP) is 4.09. The SMILES string of the molecule is CCNC(=NCc1coc(-c2ccccc2)n1)NC1CCCC(S(=O)CC)C1.I. The highest BCUT2D eigenvalue weighted by molar-refractivity contribution is 14.0. The van der Waals surface area contributed by atoms with Crippen molar-refractivity contribution in [1.82, 2.24) is 15.6 Å². The number of aromatic nitrogens is 1. The largest absolute Gasteiger partial charge is 0.444 e. The number of nitrogens with zero attached hydrogens (tertiary/aromatic N) is 2. The molecule has 3 atom stereocenters. The van der Waals surface area contributed by atoms with Gasteiger partial charge in [0.05, 0.1) is 6.54 Å². The maximum Gasteiger partial charge on any atom is 0.226 e. The molecule has 1 saturated carbocycles. The summed E-state index contributed by atoms with van der Waals surface area (Å²) in [6.07, 6.45) is 5.86. The molecule has 0 bridgehead atoms. The summed E-state index contributed by atoms with van der Waals surface area (Å²) in [5, 5.41) is 7.12. The van der Waals surface area contributed by atoms with E-state index < -0.39 is 10.8 Å². The molecule has 0 saturated heterocycles. The number of oxazole rings is 1. The van der Waals surface area contributed by atoms with Crippen LogP contribution in [0, 0.1) is 0 Å². The molecule has 8 heteroatoms. The van der Waals surface area contributed by atoms with Crippen molar-refractivity contribution in [2.45, 2.75) is 57.4 Å². The molecule has 3 rings (SSSR count). The second-order valence-corrected chi connectivity index (χ2v) is 9.01. The van der Waals surface area contributed by atoms with E-state index in [0.717, 1.165) is 55.2 Å². The number of hydrogen-bond acceptors (Lipinski definition) is 4. The minimum absolute atomic E-state index is 0. The highest BCUT2D eigenvalue weighted by atomic mass is 127. The zero-order valence-electron chi connectivity index (χ0n) is 17.1. The van der Waals surface area contributed by atoms with Crippen LogP contribution in [0.15, 0.2) is 46.0 Å². The molecule has 0 aliphatic heterocycles. The third kappa shape index (κ3) is 7.09. The Kier molecular flexibility index (Phi) is 10.1. The van der Waals surface area contributed by atoms with Gasteiger partial charge in [-0.15, -0.1) is 24.0 Å². The summed E-state index contributed by atoms with van der Waals surface area (Å²) in [6.45, 7) is 5.29. The molecule has 160 valence electrons. The van der Waals surface area contributed by atoms with E-state index in [-0.39, 0.29) is 24.0 Å². The smallest absolute Gasteiger partial charge is 0.226 e. The predicted molar refractivity (Wildman–Crippen MR) is 130 cm³/mol. The first-order valence-electron chi connectivity index (χ1n) is 10.1. The second kappa shape index (κ2) is 12.3. The Balaban J connectivity index is 0.00000300. The van der Waals surface area contributed by atoms with Gasteiger partial charge >= 0.3 is 0 Å². The lowest BCUT2D eigenvalue weighted by atomic mass is 9.95. The molecule has 3 unspecified atom stereocenters. The Morgan fingerprint density at radius 3 is 2.79 bits per heavy atom. The third-order valence-corrected chi connectivity index (χ3v) is 6.68. The van der Waals surface area contributed by atoms with Gasteiger partial charge in [-0.3, -0.25) is 4.21 Å². The van der Waals surface area contributed by atoms with E-state index in [1.165, 1.54) is 0 Å². The Hall–Kier alpha value is -1.42. The van der Waals surface area contributed by atoms with Crippen molar-refractivity contribution in [2.24, 2.45) is 4.99 Å². The number of benzene rings is 1. The van der Waals surface area contributed by atoms with Gasteiger partial charge in [0, 0.05) is 40.0 Å². The van der Waals surface area contributed by atoms with Gasteiger partial charge < -0.3 is 15.1 Å². The Morgan fingerprint density at radius 2 is 2.07 bits per heavy atom. The Morgan fingerprint density at radius 1 is 1.28 bits per heavy atom. The van der Waals surface area contributed by atoms with Crippen molar-refractivity contribution in [3.63, 3.8) is 0 Å². The van der Waals surface area contributed by atoms with Crippen molar-refractivity contribution in [3.05, 3.63) is 42.3 Å². The summed E-state index contributed by atoms with van der Waals surface area (Å²) in [7, 11) is -0.724. The lowest BCUT2D eigenvalue weighted by Crippen LogP contribution is -2.46. The quantitative estimate of drug-likeness (QED) is 0.320. The van der Waals surface area contributed by atoms with Crippen LogP contribution in [0.3, 0.4) is 0 Å². The fraction of sp³-hybridized carbons (Fsp3) is 0.524. The van der Waals surface area contributed by atoms with Crippen LogP contribution >= 0.6 is 24.0 Å². The van der Waals surface area contributed by atoms with Gasteiger partial charge in [-0.05, 0) is 38.3 Å². The number of nitrogens with one attached hydrogen (secondary N) is 2. The number of guanidine groups is 1. The topological polar surface area (TPSA) is 79.5 Å². The van der Waals surface area contributed by atoms with E-state index in [1.54, 1.807) is 6.26 Å². The molecule has 6 nitrogen and oxygen atoms in total. The molecule has 0 radical (unpaired) electrons. The standard InChI is InChI=1S/C21H30N4O2S.HI/c1-3-22-21(25-17-11-8-12-19(13-17)28(26)4-2)23-14-18-15-27-20(24-18)16-9-6-5-7-10-16;/h5-7,9-10,15,17,19H,3-4,8,11-14H2,1-2H3,(H2,22,23,25);1H. The first-order valence-corrected chi connectivity index (χ1v) is 11.5. The normalized spacial score (nSPS) is 20.6. The summed E-state index contributed by atoms with van der Waals surface area (Å²) in [5.74, 6) is 2.13. The number of rotatable bonds is 7. The summed E-state index contributed by atoms with van der Waals surface area (Å²) < 4.78 is 17.8. The average molecular weight is 530 g/mol. The second-order valence-electron chi connectivity index (χ2n) is 7.00. The molecular weight excluding hydrogens is 499 g/mol. The highest BCUT2D eigenvalue weighted by Gasteiger charge is 2.26. The van der Waals surface area contributed by atoms with Crippen LogP contribution in [0.1, 0.15) is 45.2 Å². The molecule has 0 spiro atoms. The van der Waals surface area contributed by atoms with E-state index in [2.05, 4.69) is 27.5 Å². The van der Waals surface area contributed by atoms with Crippen LogP contribution in [-0.4, -0.2) is 38.7 Å². The zero-order valence-corrected chi connectivity index (χ0v) is 20.2. The molecule has 29 heavy (non-hydrogen) atoms. The van der Waals surface area contributed by atoms with E-state index in [4.69, 9.17) is 4.42 Å². The third-order valence-electron chi connectivity index (χ3n) is 4.94. The van der Waals surface area contributed by atoms with Crippen molar-refractivity contribution >= 4 is 40.7 Å². The van der Waals surface area contributed by atoms with E-state index in [1.807, 2.05) is 37.3 Å². The van der Waals surface area contributed by atoms with Crippen molar-refractivity contribution in [2.75, 3.05) is 12.3 Å². The molecule has 1 fully saturated rings. The van der Waals surface area contributed by atoms with Crippen LogP contribution in [0.2, 0.25) is 0 Å². The molecular formula is C21H31IN4O2S. The minimum atomic E-state index is -0.724. The lowest BCUT2D eigenvalue weighted by molar-refractivity contribution is 0.413. The zero-order chi connectivity index (χ0) is 19.8. The van der Waals surface area contributed by atoms with Crippen LogP contribution in [-0.2, 0) is 17.3 Å². The van der Waals surface area contributed by atoms with E-state index >= 15 is 0 Å². The Bertz CT molecular complexity index is 797. The average Bonchev–Trinajstić information content (AvgIpc) is 3.21. The lowest BCUT2D eigenvalue weighted by Gasteiger charge is -2.30. The van der Waals surface area contributed by atoms with E-state index in [0.29, 0.717) is 23.7 Å². The monoisotopic (exact) mass is 530 g/mol. The maximum absolute atomic E-state index is 12.2. The van der Waals surface area contributed by atoms with Crippen LogP contribution < -0.4 is 10.6 Å². The van der Waals surface area contributed by atoms with E-state index in [9.17, 15) is 4.21 Å². The van der Waals surface area contributed by atoms with Gasteiger partial charge in [0.2, 0.25) is 5.89 Å². The summed E-state index contributed by atoms with van der Waals surface area (Å²) in [6, 6.07) is 10.2. The van der Waals surface area contributed by atoms with Gasteiger partial charge in [0.25, 0.3) is 0 Å². The fourth-order valence-electron chi connectivity index (χ4n) is 3.52. The van der Waals surface area contributed by atoms with Crippen molar-refractivity contribution < 1.29 is 8.63 Å². The van der Waals surface area contributed by atoms with Gasteiger partial charge in [-0.1, -0.05) is 31.5 Å². The van der Waals surface area contributed by atoms with Gasteiger partial charge in [-0.2, -0.15) is 0 Å². The highest BCUT2D eigenvalue weighted by Crippen LogP contribution is 2.23. The minimum Gasteiger partial charge on any atom is -0.444 e. The molecule has 1 aromatic carbocycles. The Labute approximate surface area is 192 Å². The maximum atomic E-state index is 12.2. The molecule has 2 N–H and O–H groups in total. The van der Waals surface area contributed by atoms with Gasteiger partial charge in [0.15, 0.2) is 5.96 Å². The van der Waals surface area contributed by atoms with Gasteiger partial charge in [-0.25, -0.2) is 9.98 Å².